The summed E-state index contributed by atoms with van der Waals surface area (Å²) in [7, 11) is 1.35. The molecule has 1 unspecified atom stereocenters. The second kappa shape index (κ2) is 5.69. The van der Waals surface area contributed by atoms with Crippen LogP contribution in [0.3, 0.4) is 0 Å². The molecule has 1 aliphatic heterocycles. The molecule has 1 fully saturated rings. The Morgan fingerprint density at radius 3 is 2.89 bits per heavy atom. The summed E-state index contributed by atoms with van der Waals surface area (Å²) in [6.07, 6.45) is 1.31. The summed E-state index contributed by atoms with van der Waals surface area (Å²) in [6, 6.07) is 3.61. The molecule has 2 N–H and O–H groups in total. The van der Waals surface area contributed by atoms with E-state index >= 15 is 0 Å². The van der Waals surface area contributed by atoms with Crippen LogP contribution in [0.1, 0.15) is 28.9 Å². The Hall–Kier alpha value is -2.11. The van der Waals surface area contributed by atoms with Gasteiger partial charge in [0.25, 0.3) is 0 Å². The van der Waals surface area contributed by atoms with Gasteiger partial charge in [0.05, 0.1) is 18.4 Å². The summed E-state index contributed by atoms with van der Waals surface area (Å²) in [4.78, 5) is 26.8. The number of esters is 1. The number of methoxy groups -OCH3 is 1. The van der Waals surface area contributed by atoms with Gasteiger partial charge < -0.3 is 15.4 Å². The summed E-state index contributed by atoms with van der Waals surface area (Å²) < 4.78 is 4.67. The number of carbonyl (C=O) groups is 2. The first kappa shape index (κ1) is 13.3. The van der Waals surface area contributed by atoms with E-state index in [-0.39, 0.29) is 17.9 Å². The van der Waals surface area contributed by atoms with Gasteiger partial charge in [-0.1, -0.05) is 0 Å². The third-order valence-electron chi connectivity index (χ3n) is 3.11. The molecule has 0 saturated carbocycles. The zero-order valence-electron chi connectivity index (χ0n) is 11.0. The van der Waals surface area contributed by atoms with Crippen LogP contribution in [0, 0.1) is 6.92 Å². The van der Waals surface area contributed by atoms with E-state index in [1.54, 1.807) is 19.1 Å². The monoisotopic (exact) mass is 263 g/mol. The first-order valence-electron chi connectivity index (χ1n) is 6.19. The van der Waals surface area contributed by atoms with E-state index in [0.717, 1.165) is 6.42 Å². The average molecular weight is 263 g/mol. The van der Waals surface area contributed by atoms with Crippen LogP contribution in [-0.4, -0.2) is 36.6 Å². The van der Waals surface area contributed by atoms with E-state index in [9.17, 15) is 9.59 Å². The van der Waals surface area contributed by atoms with Crippen LogP contribution in [0.15, 0.2) is 12.1 Å². The SMILES string of the molecule is COC(=O)c1ccc(NC2CCC(=O)NC2)nc1C. The molecular formula is C13H17N3O3. The molecular weight excluding hydrogens is 246 g/mol. The van der Waals surface area contributed by atoms with Gasteiger partial charge in [-0.15, -0.1) is 0 Å². The van der Waals surface area contributed by atoms with Crippen molar-refractivity contribution in [1.82, 2.24) is 10.3 Å². The van der Waals surface area contributed by atoms with Crippen LogP contribution in [0.4, 0.5) is 5.82 Å². The lowest BCUT2D eigenvalue weighted by Crippen LogP contribution is -2.42. The van der Waals surface area contributed by atoms with E-state index in [1.807, 2.05) is 0 Å². The number of rotatable bonds is 3. The predicted molar refractivity (Wildman–Crippen MR) is 70.0 cm³/mol. The zero-order chi connectivity index (χ0) is 13.8. The summed E-state index contributed by atoms with van der Waals surface area (Å²) in [5, 5.41) is 6.05. The molecule has 2 heterocycles. The van der Waals surface area contributed by atoms with Crippen molar-refractivity contribution >= 4 is 17.7 Å². The third kappa shape index (κ3) is 3.21. The highest BCUT2D eigenvalue weighted by atomic mass is 16.5. The van der Waals surface area contributed by atoms with Gasteiger partial charge in [0, 0.05) is 19.0 Å². The molecule has 102 valence electrons. The van der Waals surface area contributed by atoms with Crippen molar-refractivity contribution < 1.29 is 14.3 Å². The molecule has 0 bridgehead atoms. The van der Waals surface area contributed by atoms with Gasteiger partial charge in [0.15, 0.2) is 0 Å². The molecule has 1 aromatic heterocycles. The summed E-state index contributed by atoms with van der Waals surface area (Å²) in [6.45, 7) is 2.36. The first-order valence-corrected chi connectivity index (χ1v) is 6.19. The lowest BCUT2D eigenvalue weighted by atomic mass is 10.1. The van der Waals surface area contributed by atoms with E-state index in [2.05, 4.69) is 20.4 Å². The highest BCUT2D eigenvalue weighted by Crippen LogP contribution is 2.14. The lowest BCUT2D eigenvalue weighted by Gasteiger charge is -2.24. The van der Waals surface area contributed by atoms with E-state index in [0.29, 0.717) is 30.0 Å². The molecule has 19 heavy (non-hydrogen) atoms. The second-order valence-corrected chi connectivity index (χ2v) is 4.51. The van der Waals surface area contributed by atoms with Gasteiger partial charge in [0.1, 0.15) is 5.82 Å². The third-order valence-corrected chi connectivity index (χ3v) is 3.11. The highest BCUT2D eigenvalue weighted by molar-refractivity contribution is 5.90. The van der Waals surface area contributed by atoms with Crippen LogP contribution < -0.4 is 10.6 Å². The number of carbonyl (C=O) groups excluding carboxylic acids is 2. The van der Waals surface area contributed by atoms with E-state index in [4.69, 9.17) is 0 Å². The minimum absolute atomic E-state index is 0.0863. The van der Waals surface area contributed by atoms with Crippen molar-refractivity contribution in [2.45, 2.75) is 25.8 Å². The molecule has 2 rings (SSSR count). The number of nitrogens with one attached hydrogen (secondary N) is 2. The van der Waals surface area contributed by atoms with Crippen LogP contribution >= 0.6 is 0 Å². The maximum atomic E-state index is 11.4. The smallest absolute Gasteiger partial charge is 0.339 e. The minimum atomic E-state index is -0.388. The quantitative estimate of drug-likeness (QED) is 0.791. The predicted octanol–water partition coefficient (Wildman–Crippen LogP) is 0.867. The molecule has 0 spiro atoms. The Labute approximate surface area is 111 Å². The van der Waals surface area contributed by atoms with Crippen molar-refractivity contribution in [3.05, 3.63) is 23.4 Å². The summed E-state index contributed by atoms with van der Waals surface area (Å²) in [5.74, 6) is 0.399. The number of aromatic nitrogens is 1. The van der Waals surface area contributed by atoms with Gasteiger partial charge in [-0.05, 0) is 25.5 Å². The fourth-order valence-corrected chi connectivity index (χ4v) is 2.03. The van der Waals surface area contributed by atoms with Gasteiger partial charge in [-0.2, -0.15) is 0 Å². The number of piperidine rings is 1. The molecule has 6 nitrogen and oxygen atoms in total. The second-order valence-electron chi connectivity index (χ2n) is 4.51. The van der Waals surface area contributed by atoms with E-state index in [1.165, 1.54) is 7.11 Å². The Balaban J connectivity index is 2.04. The molecule has 0 aromatic carbocycles. The first-order chi connectivity index (χ1) is 9.10. The molecule has 0 radical (unpaired) electrons. The molecule has 1 amide bonds. The average Bonchev–Trinajstić information content (AvgIpc) is 2.41. The zero-order valence-corrected chi connectivity index (χ0v) is 11.0. The highest BCUT2D eigenvalue weighted by Gasteiger charge is 2.18. The van der Waals surface area contributed by atoms with Gasteiger partial charge >= 0.3 is 5.97 Å². The fourth-order valence-electron chi connectivity index (χ4n) is 2.03. The molecule has 1 atom stereocenters. The van der Waals surface area contributed by atoms with Crippen LogP contribution in [0.25, 0.3) is 0 Å². The molecule has 6 heteroatoms. The number of ether oxygens (including phenoxy) is 1. The number of aryl methyl sites for hydroxylation is 1. The maximum absolute atomic E-state index is 11.4. The molecule has 0 aliphatic carbocycles. The minimum Gasteiger partial charge on any atom is -0.465 e. The normalized spacial score (nSPS) is 18.6. The Morgan fingerprint density at radius 2 is 2.32 bits per heavy atom. The van der Waals surface area contributed by atoms with Crippen molar-refractivity contribution in [3.8, 4) is 0 Å². The van der Waals surface area contributed by atoms with Gasteiger partial charge in [-0.25, -0.2) is 9.78 Å². The Morgan fingerprint density at radius 1 is 1.53 bits per heavy atom. The lowest BCUT2D eigenvalue weighted by molar-refractivity contribution is -0.122. The Kier molecular flexibility index (Phi) is 3.99. The molecule has 1 saturated heterocycles. The van der Waals surface area contributed by atoms with Crippen molar-refractivity contribution in [1.29, 1.82) is 0 Å². The molecule has 1 aliphatic rings. The number of anilines is 1. The molecule has 1 aromatic rings. The number of nitrogens with zero attached hydrogens (tertiary/aromatic N) is 1. The van der Waals surface area contributed by atoms with E-state index < -0.39 is 0 Å². The standard InChI is InChI=1S/C13H17N3O3/c1-8-10(13(18)19-2)4-5-11(15-8)16-9-3-6-12(17)14-7-9/h4-5,9H,3,6-7H2,1-2H3,(H,14,17)(H,15,16). The van der Waals surface area contributed by atoms with Gasteiger partial charge in [-0.3, -0.25) is 4.79 Å². The number of hydrogen-bond donors (Lipinski definition) is 2. The van der Waals surface area contributed by atoms with Crippen LogP contribution in [0.2, 0.25) is 0 Å². The fraction of sp³-hybridized carbons (Fsp3) is 0.462. The largest absolute Gasteiger partial charge is 0.465 e. The van der Waals surface area contributed by atoms with Gasteiger partial charge in [0.2, 0.25) is 5.91 Å². The van der Waals surface area contributed by atoms with Crippen molar-refractivity contribution in [3.63, 3.8) is 0 Å². The topological polar surface area (TPSA) is 80.3 Å². The summed E-state index contributed by atoms with van der Waals surface area (Å²) >= 11 is 0. The van der Waals surface area contributed by atoms with Crippen molar-refractivity contribution in [2.24, 2.45) is 0 Å². The number of pyridine rings is 1. The maximum Gasteiger partial charge on any atom is 0.339 e. The number of hydrogen-bond acceptors (Lipinski definition) is 5. The van der Waals surface area contributed by atoms with Crippen molar-refractivity contribution in [2.75, 3.05) is 19.0 Å². The Bertz CT molecular complexity index is 492. The summed E-state index contributed by atoms with van der Waals surface area (Å²) in [5.41, 5.74) is 1.08. The van der Waals surface area contributed by atoms with Crippen LogP contribution in [0.5, 0.6) is 0 Å². The van der Waals surface area contributed by atoms with Crippen LogP contribution in [-0.2, 0) is 9.53 Å². The number of amides is 1.